The van der Waals surface area contributed by atoms with E-state index < -0.39 is 15.5 Å². The number of hydrogen-bond acceptors (Lipinski definition) is 3. The molecule has 17 heavy (non-hydrogen) atoms. The summed E-state index contributed by atoms with van der Waals surface area (Å²) in [6.45, 7) is 6.75. The average Bonchev–Trinajstić information content (AvgIpc) is 2.33. The molecule has 0 aliphatic carbocycles. The first kappa shape index (κ1) is 17.0. The van der Waals surface area contributed by atoms with Gasteiger partial charge in [-0.2, -0.15) is 0 Å². The first-order valence-corrected chi connectivity index (χ1v) is 8.65. The van der Waals surface area contributed by atoms with Crippen LogP contribution in [0.2, 0.25) is 6.04 Å². The van der Waals surface area contributed by atoms with E-state index >= 15 is 0 Å². The minimum Gasteiger partial charge on any atom is -0.374 e. The molecule has 0 radical (unpaired) electrons. The lowest BCUT2D eigenvalue weighted by Gasteiger charge is -2.28. The predicted molar refractivity (Wildman–Crippen MR) is 69.9 cm³/mol. The summed E-state index contributed by atoms with van der Waals surface area (Å²) in [6.07, 6.45) is 4.60. The molecule has 0 atom stereocenters. The molecular weight excluding hydrogens is 239 g/mol. The van der Waals surface area contributed by atoms with Gasteiger partial charge in [-0.05, 0) is 20.3 Å². The number of alkyl halides is 1. The Hall–Kier alpha value is 0.0269. The average molecular weight is 266 g/mol. The zero-order valence-electron chi connectivity index (χ0n) is 11.5. The van der Waals surface area contributed by atoms with Crippen LogP contribution in [0.4, 0.5) is 4.39 Å². The second-order valence-electron chi connectivity index (χ2n) is 3.90. The predicted octanol–water partition coefficient (Wildman–Crippen LogP) is 3.56. The summed E-state index contributed by atoms with van der Waals surface area (Å²) in [5.74, 6) is 0. The van der Waals surface area contributed by atoms with E-state index in [9.17, 15) is 4.39 Å². The first-order valence-electron chi connectivity index (χ1n) is 6.72. The zero-order valence-corrected chi connectivity index (χ0v) is 12.5. The molecule has 5 heteroatoms. The highest BCUT2D eigenvalue weighted by molar-refractivity contribution is 6.60. The van der Waals surface area contributed by atoms with E-state index in [0.717, 1.165) is 18.9 Å². The van der Waals surface area contributed by atoms with Gasteiger partial charge in [0.05, 0.1) is 6.61 Å². The van der Waals surface area contributed by atoms with Gasteiger partial charge in [0.2, 0.25) is 0 Å². The van der Waals surface area contributed by atoms with E-state index in [1.54, 1.807) is 0 Å². The largest absolute Gasteiger partial charge is 0.501 e. The fraction of sp³-hybridized carbons (Fsp3) is 1.00. The van der Waals surface area contributed by atoms with E-state index in [2.05, 4.69) is 6.92 Å². The Morgan fingerprint density at radius 3 is 2.00 bits per heavy atom. The quantitative estimate of drug-likeness (QED) is 0.399. The maximum absolute atomic E-state index is 12.2. The van der Waals surface area contributed by atoms with Crippen LogP contribution in [0.5, 0.6) is 0 Å². The van der Waals surface area contributed by atoms with Crippen molar-refractivity contribution in [2.45, 2.75) is 52.5 Å². The molecular formula is C12H27FO3Si. The van der Waals surface area contributed by atoms with Crippen molar-refractivity contribution in [3.8, 4) is 0 Å². The van der Waals surface area contributed by atoms with Gasteiger partial charge in [0, 0.05) is 19.3 Å². The lowest BCUT2D eigenvalue weighted by molar-refractivity contribution is 0.0617. The van der Waals surface area contributed by atoms with Crippen molar-refractivity contribution in [1.82, 2.24) is 0 Å². The van der Waals surface area contributed by atoms with Crippen molar-refractivity contribution in [2.75, 3.05) is 26.5 Å². The Labute approximate surface area is 106 Å². The van der Waals surface area contributed by atoms with Gasteiger partial charge in [-0.15, -0.1) is 0 Å². The maximum atomic E-state index is 12.2. The molecule has 0 aromatic rings. The fourth-order valence-corrected chi connectivity index (χ4v) is 4.38. The summed E-state index contributed by atoms with van der Waals surface area (Å²) in [5.41, 5.74) is 0. The molecule has 0 fully saturated rings. The Balaban J connectivity index is 4.20. The molecule has 0 spiro atoms. The molecule has 0 aromatic carbocycles. The monoisotopic (exact) mass is 266 g/mol. The van der Waals surface area contributed by atoms with Gasteiger partial charge in [-0.1, -0.05) is 26.2 Å². The maximum Gasteiger partial charge on any atom is 0.501 e. The molecule has 0 amide bonds. The molecule has 104 valence electrons. The third-order valence-corrected chi connectivity index (χ3v) is 5.53. The van der Waals surface area contributed by atoms with E-state index in [0.29, 0.717) is 13.2 Å². The van der Waals surface area contributed by atoms with Gasteiger partial charge in [0.1, 0.15) is 6.67 Å². The first-order chi connectivity index (χ1) is 8.24. The second kappa shape index (κ2) is 11.1. The Kier molecular flexibility index (Phi) is 11.2. The Morgan fingerprint density at radius 1 is 0.882 bits per heavy atom. The fourth-order valence-electron chi connectivity index (χ4n) is 1.74. The Bertz CT molecular complexity index is 164. The van der Waals surface area contributed by atoms with Gasteiger partial charge < -0.3 is 13.3 Å². The lowest BCUT2D eigenvalue weighted by atomic mass is 10.2. The molecule has 0 aliphatic heterocycles. The molecule has 0 aromatic heterocycles. The van der Waals surface area contributed by atoms with Crippen LogP contribution in [-0.2, 0) is 13.3 Å². The summed E-state index contributed by atoms with van der Waals surface area (Å²) in [7, 11) is -2.61. The van der Waals surface area contributed by atoms with Gasteiger partial charge in [0.15, 0.2) is 0 Å². The molecule has 0 bridgehead atoms. The van der Waals surface area contributed by atoms with Crippen LogP contribution in [0.25, 0.3) is 0 Å². The number of unbranched alkanes of at least 4 members (excludes halogenated alkanes) is 3. The molecule has 0 N–H and O–H groups in total. The third-order valence-electron chi connectivity index (χ3n) is 2.46. The van der Waals surface area contributed by atoms with Crippen molar-refractivity contribution in [3.63, 3.8) is 0 Å². The van der Waals surface area contributed by atoms with Crippen LogP contribution >= 0.6 is 0 Å². The lowest BCUT2D eigenvalue weighted by Crippen LogP contribution is -2.46. The number of halogens is 1. The number of hydrogen-bond donors (Lipinski definition) is 0. The molecule has 0 aliphatic rings. The van der Waals surface area contributed by atoms with Crippen LogP contribution < -0.4 is 0 Å². The SMILES string of the molecule is CCCCCC[Si](OCC)(OCC)OCCF. The summed E-state index contributed by atoms with van der Waals surface area (Å²) in [4.78, 5) is 0. The number of rotatable bonds is 12. The highest BCUT2D eigenvalue weighted by Crippen LogP contribution is 2.20. The van der Waals surface area contributed by atoms with Crippen LogP contribution in [0.15, 0.2) is 0 Å². The summed E-state index contributed by atoms with van der Waals surface area (Å²) in [6, 6.07) is 0.800. The minimum absolute atomic E-state index is 0.0833. The van der Waals surface area contributed by atoms with E-state index in [1.165, 1.54) is 12.8 Å². The highest BCUT2D eigenvalue weighted by atomic mass is 28.4. The molecule has 0 unspecified atom stereocenters. The van der Waals surface area contributed by atoms with Crippen molar-refractivity contribution in [3.05, 3.63) is 0 Å². The molecule has 0 saturated heterocycles. The molecule has 0 heterocycles. The smallest absolute Gasteiger partial charge is 0.374 e. The van der Waals surface area contributed by atoms with Gasteiger partial charge in [0.25, 0.3) is 0 Å². The third kappa shape index (κ3) is 7.86. The molecule has 0 rings (SSSR count). The van der Waals surface area contributed by atoms with Gasteiger partial charge >= 0.3 is 8.80 Å². The standard InChI is InChI=1S/C12H27FO3Si/c1-4-7-8-9-12-17(14-5-2,15-6-3)16-11-10-13/h4-12H2,1-3H3. The summed E-state index contributed by atoms with van der Waals surface area (Å²) < 4.78 is 29.2. The second-order valence-corrected chi connectivity index (χ2v) is 6.63. The minimum atomic E-state index is -2.61. The van der Waals surface area contributed by atoms with Crippen LogP contribution in [0.3, 0.4) is 0 Å². The van der Waals surface area contributed by atoms with E-state index in [1.807, 2.05) is 13.8 Å². The van der Waals surface area contributed by atoms with Gasteiger partial charge in [-0.25, -0.2) is 4.39 Å². The van der Waals surface area contributed by atoms with Crippen LogP contribution in [0.1, 0.15) is 46.5 Å². The van der Waals surface area contributed by atoms with E-state index in [4.69, 9.17) is 13.3 Å². The topological polar surface area (TPSA) is 27.7 Å². The summed E-state index contributed by atoms with van der Waals surface area (Å²) >= 11 is 0. The van der Waals surface area contributed by atoms with Crippen LogP contribution in [0, 0.1) is 0 Å². The van der Waals surface area contributed by atoms with Crippen LogP contribution in [-0.4, -0.2) is 35.3 Å². The molecule has 3 nitrogen and oxygen atoms in total. The normalized spacial score (nSPS) is 12.0. The van der Waals surface area contributed by atoms with Crippen molar-refractivity contribution >= 4 is 8.80 Å². The van der Waals surface area contributed by atoms with Crippen molar-refractivity contribution in [1.29, 1.82) is 0 Å². The van der Waals surface area contributed by atoms with Gasteiger partial charge in [-0.3, -0.25) is 0 Å². The zero-order chi connectivity index (χ0) is 13.0. The highest BCUT2D eigenvalue weighted by Gasteiger charge is 2.39. The molecule has 0 saturated carbocycles. The van der Waals surface area contributed by atoms with Crippen molar-refractivity contribution in [2.24, 2.45) is 0 Å². The Morgan fingerprint density at radius 2 is 1.53 bits per heavy atom. The van der Waals surface area contributed by atoms with E-state index in [-0.39, 0.29) is 6.61 Å². The van der Waals surface area contributed by atoms with Crippen molar-refractivity contribution < 1.29 is 17.7 Å². The summed E-state index contributed by atoms with van der Waals surface area (Å²) in [5, 5.41) is 0.